The largest absolute Gasteiger partial charge is 0.480 e. The Morgan fingerprint density at radius 1 is 0.941 bits per heavy atom. The first-order chi connectivity index (χ1) is 16.3. The van der Waals surface area contributed by atoms with Gasteiger partial charge in [0.15, 0.2) is 0 Å². The molecule has 1 amide bonds. The molecule has 0 aliphatic rings. The molecular formula is C24H26N4O5S. The van der Waals surface area contributed by atoms with Crippen molar-refractivity contribution in [2.45, 2.75) is 23.8 Å². The lowest BCUT2D eigenvalue weighted by molar-refractivity contribution is -0.138. The minimum absolute atomic E-state index is 0.0592. The summed E-state index contributed by atoms with van der Waals surface area (Å²) >= 11 is 0. The van der Waals surface area contributed by atoms with Crippen LogP contribution < -0.4 is 15.4 Å². The van der Waals surface area contributed by atoms with E-state index in [9.17, 15) is 23.1 Å². The number of carbonyl (C=O) groups excluding carboxylic acids is 1. The Bertz CT molecular complexity index is 1230. The van der Waals surface area contributed by atoms with Crippen molar-refractivity contribution in [1.82, 2.24) is 15.0 Å². The second-order valence-corrected chi connectivity index (χ2v) is 9.21. The Morgan fingerprint density at radius 3 is 2.29 bits per heavy atom. The Balaban J connectivity index is 1.56. The number of rotatable bonds is 11. The van der Waals surface area contributed by atoms with Crippen LogP contribution in [0.15, 0.2) is 77.7 Å². The van der Waals surface area contributed by atoms with Crippen LogP contribution in [0.3, 0.4) is 0 Å². The number of pyridine rings is 1. The van der Waals surface area contributed by atoms with Crippen molar-refractivity contribution >= 4 is 27.7 Å². The molecule has 4 N–H and O–H groups in total. The number of anilines is 1. The van der Waals surface area contributed by atoms with Gasteiger partial charge in [-0.2, -0.15) is 4.72 Å². The third kappa shape index (κ3) is 6.87. The van der Waals surface area contributed by atoms with E-state index in [0.29, 0.717) is 5.56 Å². The number of aliphatic carboxylic acids is 1. The second-order valence-electron chi connectivity index (χ2n) is 7.50. The second kappa shape index (κ2) is 11.4. The molecule has 1 atom stereocenters. The first-order valence-electron chi connectivity index (χ1n) is 10.6. The summed E-state index contributed by atoms with van der Waals surface area (Å²) in [5, 5.41) is 14.9. The van der Waals surface area contributed by atoms with Crippen molar-refractivity contribution < 1.29 is 23.1 Å². The normalized spacial score (nSPS) is 12.0. The molecule has 10 heteroatoms. The zero-order valence-corrected chi connectivity index (χ0v) is 19.4. The summed E-state index contributed by atoms with van der Waals surface area (Å²) in [4.78, 5) is 28.4. The van der Waals surface area contributed by atoms with Crippen LogP contribution in [-0.2, 0) is 27.7 Å². The molecule has 0 fully saturated rings. The van der Waals surface area contributed by atoms with E-state index in [2.05, 4.69) is 20.3 Å². The van der Waals surface area contributed by atoms with Gasteiger partial charge in [-0.15, -0.1) is 0 Å². The number of carboxylic acids is 1. The molecular weight excluding hydrogens is 456 g/mol. The first-order valence-corrected chi connectivity index (χ1v) is 12.1. The number of benzene rings is 2. The molecule has 0 bridgehead atoms. The monoisotopic (exact) mass is 482 g/mol. The summed E-state index contributed by atoms with van der Waals surface area (Å²) in [5.74, 6) is -1.10. The number of aryl methyl sites for hydroxylation is 2. The van der Waals surface area contributed by atoms with Crippen LogP contribution in [-0.4, -0.2) is 50.0 Å². The molecule has 0 aliphatic carbocycles. The summed E-state index contributed by atoms with van der Waals surface area (Å²) in [6, 6.07) is 18.6. The van der Waals surface area contributed by atoms with E-state index in [0.717, 1.165) is 29.9 Å². The maximum atomic E-state index is 12.5. The molecule has 178 valence electrons. The van der Waals surface area contributed by atoms with Crippen molar-refractivity contribution in [3.63, 3.8) is 0 Å². The lowest BCUT2D eigenvalue weighted by Crippen LogP contribution is -2.48. The molecule has 0 radical (unpaired) electrons. The number of nitrogens with zero attached hydrogens (tertiary/aromatic N) is 1. The van der Waals surface area contributed by atoms with Gasteiger partial charge in [-0.3, -0.25) is 9.59 Å². The van der Waals surface area contributed by atoms with E-state index < -0.39 is 34.5 Å². The number of aromatic nitrogens is 1. The SMILES string of the molecule is CNc1cccc(CCc2ccc(C(=O)NCC(NS(=O)(=O)c3ccccc3)C(=O)O)cc2)n1. The van der Waals surface area contributed by atoms with E-state index in [4.69, 9.17) is 0 Å². The van der Waals surface area contributed by atoms with Gasteiger partial charge in [0.2, 0.25) is 10.0 Å². The highest BCUT2D eigenvalue weighted by Crippen LogP contribution is 2.11. The van der Waals surface area contributed by atoms with E-state index in [1.54, 1.807) is 18.2 Å². The Morgan fingerprint density at radius 2 is 1.65 bits per heavy atom. The van der Waals surface area contributed by atoms with E-state index in [1.807, 2.05) is 37.4 Å². The van der Waals surface area contributed by atoms with E-state index in [1.165, 1.54) is 24.3 Å². The minimum atomic E-state index is -4.05. The maximum absolute atomic E-state index is 12.5. The first kappa shape index (κ1) is 24.9. The average Bonchev–Trinajstić information content (AvgIpc) is 2.86. The quantitative estimate of drug-likeness (QED) is 0.328. The molecule has 0 saturated carbocycles. The summed E-state index contributed by atoms with van der Waals surface area (Å²) in [7, 11) is -2.24. The van der Waals surface area contributed by atoms with Crippen LogP contribution in [0.2, 0.25) is 0 Å². The molecule has 1 aromatic heterocycles. The minimum Gasteiger partial charge on any atom is -0.480 e. The van der Waals surface area contributed by atoms with E-state index in [-0.39, 0.29) is 4.90 Å². The van der Waals surface area contributed by atoms with Gasteiger partial charge in [0.25, 0.3) is 5.91 Å². The zero-order valence-electron chi connectivity index (χ0n) is 18.6. The van der Waals surface area contributed by atoms with Crippen LogP contribution in [0.4, 0.5) is 5.82 Å². The number of hydrogen-bond donors (Lipinski definition) is 4. The number of sulfonamides is 1. The Labute approximate surface area is 198 Å². The molecule has 0 saturated heterocycles. The standard InChI is InChI=1S/C24H26N4O5S/c1-25-22-9-5-6-19(27-22)15-12-17-10-13-18(14-11-17)23(29)26-16-21(24(30)31)28-34(32,33)20-7-3-2-4-8-20/h2-11,13-14,21,28H,12,15-16H2,1H3,(H,25,27)(H,26,29)(H,30,31). The summed E-state index contributed by atoms with van der Waals surface area (Å²) in [6.45, 7) is -0.407. The molecule has 1 unspecified atom stereocenters. The molecule has 3 aromatic rings. The van der Waals surface area contributed by atoms with Crippen LogP contribution in [0.25, 0.3) is 0 Å². The zero-order chi connectivity index (χ0) is 24.6. The van der Waals surface area contributed by atoms with Crippen molar-refractivity contribution in [3.05, 3.63) is 89.6 Å². The van der Waals surface area contributed by atoms with Gasteiger partial charge >= 0.3 is 5.97 Å². The molecule has 0 aliphatic heterocycles. The van der Waals surface area contributed by atoms with Crippen molar-refractivity contribution in [2.24, 2.45) is 0 Å². The van der Waals surface area contributed by atoms with Gasteiger partial charge in [-0.1, -0.05) is 36.4 Å². The molecule has 2 aromatic carbocycles. The van der Waals surface area contributed by atoms with Gasteiger partial charge in [0.1, 0.15) is 11.9 Å². The van der Waals surface area contributed by atoms with Crippen LogP contribution in [0, 0.1) is 0 Å². The van der Waals surface area contributed by atoms with Gasteiger partial charge in [-0.05, 0) is 54.8 Å². The Hall–Kier alpha value is -3.76. The predicted octanol–water partition coefficient (Wildman–Crippen LogP) is 2.07. The van der Waals surface area contributed by atoms with Crippen LogP contribution in [0.5, 0.6) is 0 Å². The number of nitrogens with one attached hydrogen (secondary N) is 3. The number of hydrogen-bond acceptors (Lipinski definition) is 6. The van der Waals surface area contributed by atoms with Gasteiger partial charge in [-0.25, -0.2) is 13.4 Å². The predicted molar refractivity (Wildman–Crippen MR) is 128 cm³/mol. The van der Waals surface area contributed by atoms with Crippen molar-refractivity contribution in [1.29, 1.82) is 0 Å². The summed E-state index contributed by atoms with van der Waals surface area (Å²) in [5.41, 5.74) is 2.31. The van der Waals surface area contributed by atoms with Gasteiger partial charge in [0, 0.05) is 24.8 Å². The van der Waals surface area contributed by atoms with Crippen molar-refractivity contribution in [3.8, 4) is 0 Å². The molecule has 9 nitrogen and oxygen atoms in total. The fraction of sp³-hybridized carbons (Fsp3) is 0.208. The summed E-state index contributed by atoms with van der Waals surface area (Å²) < 4.78 is 26.9. The average molecular weight is 483 g/mol. The molecule has 3 rings (SSSR count). The fourth-order valence-electron chi connectivity index (χ4n) is 3.18. The lowest BCUT2D eigenvalue weighted by atomic mass is 10.1. The molecule has 0 spiro atoms. The van der Waals surface area contributed by atoms with Gasteiger partial charge in [0.05, 0.1) is 4.90 Å². The Kier molecular flexibility index (Phi) is 8.34. The molecule has 1 heterocycles. The number of amides is 1. The number of carbonyl (C=O) groups is 2. The fourth-order valence-corrected chi connectivity index (χ4v) is 4.39. The topological polar surface area (TPSA) is 137 Å². The summed E-state index contributed by atoms with van der Waals surface area (Å²) in [6.07, 6.45) is 1.48. The third-order valence-electron chi connectivity index (χ3n) is 5.06. The smallest absolute Gasteiger partial charge is 0.323 e. The maximum Gasteiger partial charge on any atom is 0.323 e. The lowest BCUT2D eigenvalue weighted by Gasteiger charge is -2.16. The molecule has 34 heavy (non-hydrogen) atoms. The van der Waals surface area contributed by atoms with Crippen molar-refractivity contribution in [2.75, 3.05) is 18.9 Å². The highest BCUT2D eigenvalue weighted by atomic mass is 32.2. The van der Waals surface area contributed by atoms with Gasteiger partial charge < -0.3 is 15.7 Å². The highest BCUT2D eigenvalue weighted by Gasteiger charge is 2.26. The van der Waals surface area contributed by atoms with E-state index >= 15 is 0 Å². The highest BCUT2D eigenvalue weighted by molar-refractivity contribution is 7.89. The van der Waals surface area contributed by atoms with Crippen LogP contribution in [0.1, 0.15) is 21.6 Å². The number of carboxylic acid groups (broad SMARTS) is 1. The third-order valence-corrected chi connectivity index (χ3v) is 6.55. The van der Waals surface area contributed by atoms with Crippen LogP contribution >= 0.6 is 0 Å².